The van der Waals surface area contributed by atoms with Crippen LogP contribution in [0.1, 0.15) is 17.3 Å². The maximum Gasteiger partial charge on any atom is 0.340 e. The molecule has 0 fully saturated rings. The Kier molecular flexibility index (Phi) is 4.80. The van der Waals surface area contributed by atoms with Crippen LogP contribution in [0.2, 0.25) is 0 Å². The van der Waals surface area contributed by atoms with Crippen LogP contribution in [0.5, 0.6) is 0 Å². The Labute approximate surface area is 130 Å². The number of anilines is 3. The van der Waals surface area contributed by atoms with Gasteiger partial charge in [0.1, 0.15) is 5.82 Å². The van der Waals surface area contributed by atoms with Crippen LogP contribution < -0.4 is 11.1 Å². The van der Waals surface area contributed by atoms with Crippen LogP contribution in [0, 0.1) is 5.82 Å². The first-order valence-electron chi connectivity index (χ1n) is 6.30. The number of nitrogens with two attached hydrogens (primary N) is 1. The number of hydrogen-bond donors (Lipinski definition) is 2. The Morgan fingerprint density at radius 1 is 1.29 bits per heavy atom. The zero-order chi connectivity index (χ0) is 15.4. The minimum Gasteiger partial charge on any atom is -0.462 e. The molecule has 0 bridgehead atoms. The van der Waals surface area contributed by atoms with Crippen LogP contribution in [0.25, 0.3) is 0 Å². The van der Waals surface area contributed by atoms with Crippen molar-refractivity contribution in [2.45, 2.75) is 6.92 Å². The summed E-state index contributed by atoms with van der Waals surface area (Å²) in [5.41, 5.74) is 7.56. The van der Waals surface area contributed by atoms with E-state index in [1.807, 2.05) is 0 Å². The van der Waals surface area contributed by atoms with Gasteiger partial charge < -0.3 is 15.8 Å². The average molecular weight is 353 g/mol. The van der Waals surface area contributed by atoms with Crippen molar-refractivity contribution in [2.75, 3.05) is 17.7 Å². The monoisotopic (exact) mass is 352 g/mol. The Hall–Kier alpha value is -2.08. The largest absolute Gasteiger partial charge is 0.462 e. The predicted molar refractivity (Wildman–Crippen MR) is 84.2 cm³/mol. The molecule has 0 aromatic heterocycles. The second-order valence-corrected chi connectivity index (χ2v) is 5.13. The van der Waals surface area contributed by atoms with Crippen LogP contribution in [0.4, 0.5) is 21.5 Å². The molecule has 0 spiro atoms. The van der Waals surface area contributed by atoms with E-state index in [4.69, 9.17) is 10.5 Å². The highest BCUT2D eigenvalue weighted by atomic mass is 79.9. The van der Waals surface area contributed by atoms with Gasteiger partial charge in [0.15, 0.2) is 0 Å². The van der Waals surface area contributed by atoms with Crippen molar-refractivity contribution >= 4 is 39.0 Å². The lowest BCUT2D eigenvalue weighted by molar-refractivity contribution is 0.0527. The number of halogens is 2. The SMILES string of the molecule is CCOC(=O)c1cc(Nc2ccc(Br)c(F)c2)ccc1N. The van der Waals surface area contributed by atoms with Gasteiger partial charge in [0.2, 0.25) is 0 Å². The number of ether oxygens (including phenoxy) is 1. The molecule has 0 radical (unpaired) electrons. The topological polar surface area (TPSA) is 64.3 Å². The van der Waals surface area contributed by atoms with Crippen molar-refractivity contribution in [1.29, 1.82) is 0 Å². The van der Waals surface area contributed by atoms with Gasteiger partial charge in [-0.15, -0.1) is 0 Å². The molecule has 0 heterocycles. The van der Waals surface area contributed by atoms with Gasteiger partial charge in [-0.3, -0.25) is 0 Å². The molecule has 4 nitrogen and oxygen atoms in total. The third-order valence-electron chi connectivity index (χ3n) is 2.76. The summed E-state index contributed by atoms with van der Waals surface area (Å²) in [5.74, 6) is -0.860. The number of hydrogen-bond acceptors (Lipinski definition) is 4. The Balaban J connectivity index is 2.26. The summed E-state index contributed by atoms with van der Waals surface area (Å²) >= 11 is 3.09. The fourth-order valence-corrected chi connectivity index (χ4v) is 2.01. The number of benzene rings is 2. The first kappa shape index (κ1) is 15.3. The second-order valence-electron chi connectivity index (χ2n) is 4.28. The molecule has 6 heteroatoms. The number of carbonyl (C=O) groups is 1. The van der Waals surface area contributed by atoms with Crippen molar-refractivity contribution in [2.24, 2.45) is 0 Å². The van der Waals surface area contributed by atoms with Gasteiger partial charge >= 0.3 is 5.97 Å². The standard InChI is InChI=1S/C15H14BrFN2O2/c1-2-21-15(20)11-7-9(4-6-14(11)18)19-10-3-5-12(16)13(17)8-10/h3-8,19H,2,18H2,1H3. The third-order valence-corrected chi connectivity index (χ3v) is 3.40. The van der Waals surface area contributed by atoms with Gasteiger partial charge in [0, 0.05) is 17.1 Å². The lowest BCUT2D eigenvalue weighted by atomic mass is 10.1. The van der Waals surface area contributed by atoms with E-state index >= 15 is 0 Å². The van der Waals surface area contributed by atoms with E-state index in [9.17, 15) is 9.18 Å². The van der Waals surface area contributed by atoms with E-state index in [-0.39, 0.29) is 18.0 Å². The summed E-state index contributed by atoms with van der Waals surface area (Å²) in [4.78, 5) is 11.8. The quantitative estimate of drug-likeness (QED) is 0.642. The summed E-state index contributed by atoms with van der Waals surface area (Å²) in [6.45, 7) is 1.99. The Morgan fingerprint density at radius 2 is 1.95 bits per heavy atom. The minimum absolute atomic E-state index is 0.272. The normalized spacial score (nSPS) is 10.2. The van der Waals surface area contributed by atoms with Crippen LogP contribution in [-0.2, 0) is 4.74 Å². The molecule has 0 atom stereocenters. The molecule has 2 rings (SSSR count). The predicted octanol–water partition coefficient (Wildman–Crippen LogP) is 4.09. The van der Waals surface area contributed by atoms with E-state index in [1.54, 1.807) is 37.3 Å². The van der Waals surface area contributed by atoms with Gasteiger partial charge in [-0.25, -0.2) is 9.18 Å². The average Bonchev–Trinajstić information content (AvgIpc) is 2.45. The molecule has 0 aliphatic rings. The lowest BCUT2D eigenvalue weighted by Crippen LogP contribution is -2.08. The summed E-state index contributed by atoms with van der Waals surface area (Å²) in [5, 5.41) is 3.01. The summed E-state index contributed by atoms with van der Waals surface area (Å²) in [6, 6.07) is 9.55. The highest BCUT2D eigenvalue weighted by molar-refractivity contribution is 9.10. The summed E-state index contributed by atoms with van der Waals surface area (Å²) < 4.78 is 18.8. The fourth-order valence-electron chi connectivity index (χ4n) is 1.76. The van der Waals surface area contributed by atoms with Crippen molar-refractivity contribution in [3.63, 3.8) is 0 Å². The number of rotatable bonds is 4. The minimum atomic E-state index is -0.486. The lowest BCUT2D eigenvalue weighted by Gasteiger charge is -2.10. The molecule has 110 valence electrons. The molecule has 3 N–H and O–H groups in total. The van der Waals surface area contributed by atoms with Gasteiger partial charge in [-0.2, -0.15) is 0 Å². The van der Waals surface area contributed by atoms with E-state index in [2.05, 4.69) is 21.2 Å². The Bertz CT molecular complexity index is 677. The van der Waals surface area contributed by atoms with Crippen molar-refractivity contribution < 1.29 is 13.9 Å². The number of esters is 1. The van der Waals surface area contributed by atoms with Crippen molar-refractivity contribution in [3.05, 3.63) is 52.3 Å². The maximum atomic E-state index is 13.5. The van der Waals surface area contributed by atoms with Crippen LogP contribution in [0.15, 0.2) is 40.9 Å². The van der Waals surface area contributed by atoms with Gasteiger partial charge in [-0.1, -0.05) is 0 Å². The van der Waals surface area contributed by atoms with E-state index in [1.165, 1.54) is 6.07 Å². The molecule has 0 saturated heterocycles. The van der Waals surface area contributed by atoms with Gasteiger partial charge in [0.25, 0.3) is 0 Å². The first-order valence-corrected chi connectivity index (χ1v) is 7.09. The number of nitrogens with one attached hydrogen (secondary N) is 1. The maximum absolute atomic E-state index is 13.5. The highest BCUT2D eigenvalue weighted by Crippen LogP contribution is 2.25. The smallest absolute Gasteiger partial charge is 0.340 e. The van der Waals surface area contributed by atoms with Crippen LogP contribution in [0.3, 0.4) is 0 Å². The van der Waals surface area contributed by atoms with E-state index in [0.717, 1.165) is 0 Å². The van der Waals surface area contributed by atoms with Crippen molar-refractivity contribution in [1.82, 2.24) is 0 Å². The zero-order valence-electron chi connectivity index (χ0n) is 11.3. The van der Waals surface area contributed by atoms with Crippen molar-refractivity contribution in [3.8, 4) is 0 Å². The Morgan fingerprint density at radius 3 is 2.62 bits per heavy atom. The zero-order valence-corrected chi connectivity index (χ0v) is 12.9. The molecule has 2 aromatic carbocycles. The molecule has 0 aliphatic carbocycles. The second kappa shape index (κ2) is 6.58. The van der Waals surface area contributed by atoms with Gasteiger partial charge in [-0.05, 0) is 59.3 Å². The number of carbonyl (C=O) groups excluding carboxylic acids is 1. The molecular formula is C15H14BrFN2O2. The van der Waals surface area contributed by atoms with E-state index < -0.39 is 5.97 Å². The third kappa shape index (κ3) is 3.72. The van der Waals surface area contributed by atoms with Gasteiger partial charge in [0.05, 0.1) is 16.6 Å². The molecule has 0 saturated carbocycles. The molecular weight excluding hydrogens is 339 g/mol. The molecule has 0 aliphatic heterocycles. The molecule has 2 aromatic rings. The molecule has 0 amide bonds. The number of nitrogen functional groups attached to an aromatic ring is 1. The summed E-state index contributed by atoms with van der Waals surface area (Å²) in [7, 11) is 0. The van der Waals surface area contributed by atoms with Crippen LogP contribution in [-0.4, -0.2) is 12.6 Å². The van der Waals surface area contributed by atoms with E-state index in [0.29, 0.717) is 21.5 Å². The molecule has 0 unspecified atom stereocenters. The van der Waals surface area contributed by atoms with Crippen LogP contribution >= 0.6 is 15.9 Å². The fraction of sp³-hybridized carbons (Fsp3) is 0.133. The highest BCUT2D eigenvalue weighted by Gasteiger charge is 2.12. The molecule has 21 heavy (non-hydrogen) atoms. The first-order chi connectivity index (χ1) is 10.0. The summed E-state index contributed by atoms with van der Waals surface area (Å²) in [6.07, 6.45) is 0.